The molecule has 156 valence electrons. The van der Waals surface area contributed by atoms with E-state index in [2.05, 4.69) is 56.4 Å². The van der Waals surface area contributed by atoms with Crippen LogP contribution >= 0.6 is 11.6 Å². The van der Waals surface area contributed by atoms with Crippen LogP contribution in [0.15, 0.2) is 43.1 Å². The molecule has 3 rings (SSSR count). The number of hydrogen-bond donors (Lipinski definition) is 2. The average molecular weight is 420 g/mol. The van der Waals surface area contributed by atoms with Crippen LogP contribution in [-0.2, 0) is 0 Å². The van der Waals surface area contributed by atoms with E-state index < -0.39 is 0 Å². The maximum atomic E-state index is 6.38. The van der Waals surface area contributed by atoms with Gasteiger partial charge in [0.2, 0.25) is 0 Å². The third-order valence-corrected chi connectivity index (χ3v) is 5.84. The summed E-state index contributed by atoms with van der Waals surface area (Å²) in [5.74, 6) is 7.25. The standard InChI is InChI=1S/C26H30ClN3/c1-6-15-26(4,5)30-18(3)20-11-8-19(9-12-20)10-13-21-24-17(2)7-14-23(27)22(24)16-29-25(21)28/h8-9,11-12,14,16-17,30H,3,6-7,15H2,1-2,4-5H3,(H2,28,29). The Morgan fingerprint density at radius 1 is 1.30 bits per heavy atom. The number of allylic oxidation sites excluding steroid dienone is 1. The Kier molecular flexibility index (Phi) is 6.58. The monoisotopic (exact) mass is 419 g/mol. The van der Waals surface area contributed by atoms with Crippen LogP contribution in [0.2, 0.25) is 0 Å². The molecule has 1 unspecified atom stereocenters. The van der Waals surface area contributed by atoms with Gasteiger partial charge in [0.15, 0.2) is 0 Å². The van der Waals surface area contributed by atoms with Crippen molar-refractivity contribution in [3.05, 3.63) is 70.9 Å². The zero-order valence-electron chi connectivity index (χ0n) is 18.3. The molecule has 1 heterocycles. The maximum Gasteiger partial charge on any atom is 0.139 e. The molecular formula is C26H30ClN3. The topological polar surface area (TPSA) is 50.9 Å². The van der Waals surface area contributed by atoms with E-state index in [0.29, 0.717) is 11.7 Å². The van der Waals surface area contributed by atoms with Crippen molar-refractivity contribution in [1.29, 1.82) is 0 Å². The third kappa shape index (κ3) is 4.89. The number of benzene rings is 1. The Morgan fingerprint density at radius 3 is 2.67 bits per heavy atom. The van der Waals surface area contributed by atoms with Gasteiger partial charge in [0.25, 0.3) is 0 Å². The predicted molar refractivity (Wildman–Crippen MR) is 129 cm³/mol. The third-order valence-electron chi connectivity index (χ3n) is 5.48. The van der Waals surface area contributed by atoms with Gasteiger partial charge in [-0.25, -0.2) is 4.98 Å². The smallest absolute Gasteiger partial charge is 0.139 e. The fraction of sp³-hybridized carbons (Fsp3) is 0.346. The number of anilines is 1. The Balaban J connectivity index is 1.84. The molecule has 0 amide bonds. The lowest BCUT2D eigenvalue weighted by Crippen LogP contribution is -2.37. The highest BCUT2D eigenvalue weighted by molar-refractivity contribution is 6.49. The number of hydrogen-bond acceptors (Lipinski definition) is 3. The lowest BCUT2D eigenvalue weighted by molar-refractivity contribution is 0.413. The van der Waals surface area contributed by atoms with Gasteiger partial charge in [-0.15, -0.1) is 0 Å². The zero-order chi connectivity index (χ0) is 21.9. The van der Waals surface area contributed by atoms with Crippen LogP contribution in [0, 0.1) is 11.8 Å². The summed E-state index contributed by atoms with van der Waals surface area (Å²) in [6, 6.07) is 8.12. The van der Waals surface area contributed by atoms with E-state index in [1.165, 1.54) is 0 Å². The van der Waals surface area contributed by atoms with Gasteiger partial charge >= 0.3 is 0 Å². The second kappa shape index (κ2) is 8.98. The first-order valence-electron chi connectivity index (χ1n) is 10.5. The molecule has 0 saturated carbocycles. The highest BCUT2D eigenvalue weighted by atomic mass is 35.5. The van der Waals surface area contributed by atoms with Crippen molar-refractivity contribution < 1.29 is 0 Å². The van der Waals surface area contributed by atoms with Crippen molar-refractivity contribution in [2.75, 3.05) is 5.73 Å². The molecular weight excluding hydrogens is 390 g/mol. The number of nitrogen functional groups attached to an aromatic ring is 1. The number of rotatable bonds is 5. The SMILES string of the molecule is C=C(NC(C)(C)CCC)c1ccc(C#Cc2c(N)ncc3c2C(C)CC=C3Cl)cc1. The van der Waals surface area contributed by atoms with Crippen molar-refractivity contribution in [2.45, 2.75) is 58.4 Å². The van der Waals surface area contributed by atoms with Gasteiger partial charge < -0.3 is 11.1 Å². The molecule has 0 radical (unpaired) electrons. The first-order chi connectivity index (χ1) is 14.2. The molecule has 3 nitrogen and oxygen atoms in total. The van der Waals surface area contributed by atoms with Crippen LogP contribution in [0.5, 0.6) is 0 Å². The van der Waals surface area contributed by atoms with E-state index in [9.17, 15) is 0 Å². The average Bonchev–Trinajstić information content (AvgIpc) is 2.69. The molecule has 1 atom stereocenters. The van der Waals surface area contributed by atoms with E-state index in [-0.39, 0.29) is 5.54 Å². The summed E-state index contributed by atoms with van der Waals surface area (Å²) in [4.78, 5) is 4.31. The van der Waals surface area contributed by atoms with Crippen molar-refractivity contribution in [3.8, 4) is 11.8 Å². The number of nitrogens with zero attached hydrogens (tertiary/aromatic N) is 1. The number of pyridine rings is 1. The molecule has 0 saturated heterocycles. The summed E-state index contributed by atoms with van der Waals surface area (Å²) >= 11 is 6.38. The minimum atomic E-state index is 0.0215. The Hall–Kier alpha value is -2.70. The van der Waals surface area contributed by atoms with Gasteiger partial charge in [0.05, 0.1) is 5.56 Å². The Labute approximate surface area is 185 Å². The normalized spacial score (nSPS) is 15.5. The summed E-state index contributed by atoms with van der Waals surface area (Å²) in [7, 11) is 0. The van der Waals surface area contributed by atoms with Crippen molar-refractivity contribution >= 4 is 28.1 Å². The minimum absolute atomic E-state index is 0.0215. The molecule has 0 spiro atoms. The summed E-state index contributed by atoms with van der Waals surface area (Å²) < 4.78 is 0. The number of nitrogens with one attached hydrogen (secondary N) is 1. The molecule has 0 aliphatic heterocycles. The van der Waals surface area contributed by atoms with Gasteiger partial charge in [-0.3, -0.25) is 0 Å². The van der Waals surface area contributed by atoms with E-state index in [1.807, 2.05) is 30.3 Å². The van der Waals surface area contributed by atoms with Crippen LogP contribution in [0.4, 0.5) is 5.82 Å². The number of nitrogens with two attached hydrogens (primary N) is 1. The molecule has 1 aromatic heterocycles. The van der Waals surface area contributed by atoms with E-state index in [0.717, 1.165) is 57.8 Å². The lowest BCUT2D eigenvalue weighted by Gasteiger charge is -2.28. The van der Waals surface area contributed by atoms with Gasteiger partial charge in [-0.2, -0.15) is 0 Å². The molecule has 2 aromatic rings. The van der Waals surface area contributed by atoms with Crippen LogP contribution in [-0.4, -0.2) is 10.5 Å². The van der Waals surface area contributed by atoms with E-state index >= 15 is 0 Å². The Morgan fingerprint density at radius 2 is 2.00 bits per heavy atom. The summed E-state index contributed by atoms with van der Waals surface area (Å²) in [5, 5.41) is 4.25. The first-order valence-corrected chi connectivity index (χ1v) is 10.8. The molecule has 30 heavy (non-hydrogen) atoms. The van der Waals surface area contributed by atoms with Crippen LogP contribution in [0.1, 0.15) is 80.7 Å². The predicted octanol–water partition coefficient (Wildman–Crippen LogP) is 6.29. The van der Waals surface area contributed by atoms with Gasteiger partial charge in [-0.05, 0) is 55.9 Å². The second-order valence-electron chi connectivity index (χ2n) is 8.60. The maximum absolute atomic E-state index is 6.38. The van der Waals surface area contributed by atoms with Crippen molar-refractivity contribution in [3.63, 3.8) is 0 Å². The quantitative estimate of drug-likeness (QED) is 0.560. The van der Waals surface area contributed by atoms with Gasteiger partial charge in [0, 0.05) is 33.6 Å². The number of aromatic nitrogens is 1. The highest BCUT2D eigenvalue weighted by Crippen LogP contribution is 2.38. The fourth-order valence-corrected chi connectivity index (χ4v) is 4.18. The molecule has 0 bridgehead atoms. The molecule has 1 aliphatic rings. The largest absolute Gasteiger partial charge is 0.383 e. The number of fused-ring (bicyclic) bond motifs is 1. The van der Waals surface area contributed by atoms with Crippen LogP contribution in [0.25, 0.3) is 10.7 Å². The second-order valence-corrected chi connectivity index (χ2v) is 9.01. The van der Waals surface area contributed by atoms with E-state index in [4.69, 9.17) is 17.3 Å². The van der Waals surface area contributed by atoms with Crippen molar-refractivity contribution in [2.24, 2.45) is 0 Å². The van der Waals surface area contributed by atoms with Crippen molar-refractivity contribution in [1.82, 2.24) is 10.3 Å². The van der Waals surface area contributed by atoms with E-state index in [1.54, 1.807) is 6.20 Å². The van der Waals surface area contributed by atoms with Gasteiger partial charge in [-0.1, -0.05) is 68.5 Å². The molecule has 0 fully saturated rings. The Bertz CT molecular complexity index is 1040. The van der Waals surface area contributed by atoms with Crippen LogP contribution in [0.3, 0.4) is 0 Å². The first kappa shape index (κ1) is 22.0. The minimum Gasteiger partial charge on any atom is -0.383 e. The summed E-state index contributed by atoms with van der Waals surface area (Å²) in [5.41, 5.74) is 11.9. The highest BCUT2D eigenvalue weighted by Gasteiger charge is 2.22. The molecule has 1 aliphatic carbocycles. The molecule has 4 heteroatoms. The van der Waals surface area contributed by atoms with Crippen LogP contribution < -0.4 is 11.1 Å². The zero-order valence-corrected chi connectivity index (χ0v) is 19.0. The lowest BCUT2D eigenvalue weighted by atomic mass is 9.86. The molecule has 1 aromatic carbocycles. The fourth-order valence-electron chi connectivity index (χ4n) is 3.94. The summed E-state index contributed by atoms with van der Waals surface area (Å²) in [6.07, 6.45) is 6.87. The van der Waals surface area contributed by atoms with Gasteiger partial charge in [0.1, 0.15) is 5.82 Å². The summed E-state index contributed by atoms with van der Waals surface area (Å²) in [6.45, 7) is 13.0. The number of halogens is 1. The molecule has 3 N–H and O–H groups in total.